The summed E-state index contributed by atoms with van der Waals surface area (Å²) in [5.41, 5.74) is 2.00. The van der Waals surface area contributed by atoms with Gasteiger partial charge >= 0.3 is 0 Å². The Kier molecular flexibility index (Phi) is 3.93. The van der Waals surface area contributed by atoms with Crippen LogP contribution in [0, 0.1) is 0 Å². The Hall–Kier alpha value is -1.89. The van der Waals surface area contributed by atoms with Gasteiger partial charge in [-0.15, -0.1) is 0 Å². The third-order valence-corrected chi connectivity index (χ3v) is 2.78. The molecule has 0 aliphatic carbocycles. The zero-order valence-corrected chi connectivity index (χ0v) is 11.2. The number of aryl methyl sites for hydroxylation is 1. The standard InChI is InChI=1S/C11H16N6S/c1-3-16-6-9(4-13-16)7-17-8-10(5-14-17)15-11(18)12-2/h4-6,8H,3,7H2,1-2H3,(H2,12,15,18). The average Bonchev–Trinajstić information content (AvgIpc) is 2.99. The van der Waals surface area contributed by atoms with E-state index in [1.54, 1.807) is 13.2 Å². The minimum absolute atomic E-state index is 0.577. The molecule has 0 saturated heterocycles. The summed E-state index contributed by atoms with van der Waals surface area (Å²) in [5.74, 6) is 0. The molecule has 18 heavy (non-hydrogen) atoms. The minimum atomic E-state index is 0.577. The van der Waals surface area contributed by atoms with Crippen molar-refractivity contribution in [1.29, 1.82) is 0 Å². The van der Waals surface area contributed by atoms with Gasteiger partial charge in [0.25, 0.3) is 0 Å². The van der Waals surface area contributed by atoms with Crippen LogP contribution < -0.4 is 10.6 Å². The topological polar surface area (TPSA) is 59.7 Å². The van der Waals surface area contributed by atoms with Crippen molar-refractivity contribution in [2.45, 2.75) is 20.0 Å². The number of aromatic nitrogens is 4. The third kappa shape index (κ3) is 3.07. The van der Waals surface area contributed by atoms with Gasteiger partial charge in [0, 0.05) is 31.5 Å². The second-order valence-corrected chi connectivity index (χ2v) is 4.24. The van der Waals surface area contributed by atoms with Gasteiger partial charge in [-0.05, 0) is 19.1 Å². The number of nitrogens with one attached hydrogen (secondary N) is 2. The molecule has 0 aliphatic heterocycles. The molecule has 7 heteroatoms. The molecule has 6 nitrogen and oxygen atoms in total. The summed E-state index contributed by atoms with van der Waals surface area (Å²) < 4.78 is 3.74. The van der Waals surface area contributed by atoms with E-state index in [9.17, 15) is 0 Å². The Bertz CT molecular complexity index is 529. The summed E-state index contributed by atoms with van der Waals surface area (Å²) in [6.45, 7) is 3.64. The van der Waals surface area contributed by atoms with Crippen molar-refractivity contribution in [3.63, 3.8) is 0 Å². The second kappa shape index (κ2) is 5.63. The number of hydrogen-bond acceptors (Lipinski definition) is 3. The van der Waals surface area contributed by atoms with Crippen molar-refractivity contribution < 1.29 is 0 Å². The van der Waals surface area contributed by atoms with Crippen molar-refractivity contribution in [1.82, 2.24) is 24.9 Å². The van der Waals surface area contributed by atoms with E-state index in [1.807, 2.05) is 28.0 Å². The Morgan fingerprint density at radius 2 is 2.06 bits per heavy atom. The maximum Gasteiger partial charge on any atom is 0.170 e. The number of hydrogen-bond donors (Lipinski definition) is 2. The Morgan fingerprint density at radius 3 is 2.72 bits per heavy atom. The van der Waals surface area contributed by atoms with Crippen molar-refractivity contribution in [2.24, 2.45) is 0 Å². The summed E-state index contributed by atoms with van der Waals surface area (Å²) in [7, 11) is 1.78. The summed E-state index contributed by atoms with van der Waals surface area (Å²) in [6.07, 6.45) is 7.53. The predicted molar refractivity (Wildman–Crippen MR) is 74.5 cm³/mol. The Balaban J connectivity index is 1.99. The number of nitrogens with zero attached hydrogens (tertiary/aromatic N) is 4. The highest BCUT2D eigenvalue weighted by atomic mass is 32.1. The Morgan fingerprint density at radius 1 is 1.28 bits per heavy atom. The molecule has 0 aliphatic rings. The van der Waals surface area contributed by atoms with Crippen LogP contribution in [0.1, 0.15) is 12.5 Å². The molecule has 2 aromatic rings. The van der Waals surface area contributed by atoms with Gasteiger partial charge in [0.05, 0.1) is 24.6 Å². The molecule has 0 amide bonds. The zero-order valence-electron chi connectivity index (χ0n) is 10.4. The normalized spacial score (nSPS) is 10.3. The minimum Gasteiger partial charge on any atom is -0.366 e. The van der Waals surface area contributed by atoms with Crippen molar-refractivity contribution in [3.8, 4) is 0 Å². The van der Waals surface area contributed by atoms with Crippen molar-refractivity contribution in [2.75, 3.05) is 12.4 Å². The molecule has 2 aromatic heterocycles. The predicted octanol–water partition coefficient (Wildman–Crippen LogP) is 1.06. The number of rotatable bonds is 4. The van der Waals surface area contributed by atoms with Crippen molar-refractivity contribution >= 4 is 23.0 Å². The lowest BCUT2D eigenvalue weighted by atomic mass is 10.4. The summed E-state index contributed by atoms with van der Waals surface area (Å²) in [5, 5.41) is 15.0. The van der Waals surface area contributed by atoms with Crippen LogP contribution in [0.25, 0.3) is 0 Å². The maximum atomic E-state index is 5.02. The van der Waals surface area contributed by atoms with Gasteiger partial charge in [-0.1, -0.05) is 0 Å². The molecule has 0 atom stereocenters. The molecule has 0 aromatic carbocycles. The SMILES string of the molecule is CCn1cc(Cn2cc(NC(=S)NC)cn2)cn1. The van der Waals surface area contributed by atoms with Gasteiger partial charge in [0.15, 0.2) is 5.11 Å². The van der Waals surface area contributed by atoms with Gasteiger partial charge < -0.3 is 10.6 Å². The lowest BCUT2D eigenvalue weighted by molar-refractivity contribution is 0.654. The molecule has 0 spiro atoms. The lowest BCUT2D eigenvalue weighted by Gasteiger charge is -2.02. The fourth-order valence-electron chi connectivity index (χ4n) is 1.56. The van der Waals surface area contributed by atoms with E-state index in [0.29, 0.717) is 11.7 Å². The monoisotopic (exact) mass is 264 g/mol. The zero-order chi connectivity index (χ0) is 13.0. The van der Waals surface area contributed by atoms with Gasteiger partial charge in [-0.3, -0.25) is 9.36 Å². The van der Waals surface area contributed by atoms with Crippen molar-refractivity contribution in [3.05, 3.63) is 30.4 Å². The van der Waals surface area contributed by atoms with Crippen LogP contribution in [0.5, 0.6) is 0 Å². The van der Waals surface area contributed by atoms with Crippen LogP contribution in [-0.4, -0.2) is 31.7 Å². The molecule has 96 valence electrons. The molecule has 2 heterocycles. The molecule has 0 radical (unpaired) electrons. The highest BCUT2D eigenvalue weighted by Crippen LogP contribution is 2.07. The third-order valence-electron chi connectivity index (χ3n) is 2.47. The van der Waals surface area contributed by atoms with E-state index in [2.05, 4.69) is 27.8 Å². The van der Waals surface area contributed by atoms with Gasteiger partial charge in [0.1, 0.15) is 0 Å². The first kappa shape index (κ1) is 12.6. The smallest absolute Gasteiger partial charge is 0.170 e. The highest BCUT2D eigenvalue weighted by Gasteiger charge is 2.02. The highest BCUT2D eigenvalue weighted by molar-refractivity contribution is 7.80. The molecule has 0 saturated carbocycles. The molecule has 0 fully saturated rings. The molecule has 2 N–H and O–H groups in total. The molecule has 0 bridgehead atoms. The fraction of sp³-hybridized carbons (Fsp3) is 0.364. The van der Waals surface area contributed by atoms with E-state index in [-0.39, 0.29) is 0 Å². The molecule has 2 rings (SSSR count). The summed E-state index contributed by atoms with van der Waals surface area (Å²) in [4.78, 5) is 0. The van der Waals surface area contributed by atoms with Crippen LogP contribution in [0.15, 0.2) is 24.8 Å². The lowest BCUT2D eigenvalue weighted by Crippen LogP contribution is -2.23. The molecule has 0 unspecified atom stereocenters. The van der Waals surface area contributed by atoms with E-state index < -0.39 is 0 Å². The first-order chi connectivity index (χ1) is 8.71. The second-order valence-electron chi connectivity index (χ2n) is 3.83. The van der Waals surface area contributed by atoms with Gasteiger partial charge in [-0.25, -0.2) is 0 Å². The van der Waals surface area contributed by atoms with Crippen LogP contribution in [-0.2, 0) is 13.1 Å². The van der Waals surface area contributed by atoms with E-state index >= 15 is 0 Å². The van der Waals surface area contributed by atoms with Crippen LogP contribution >= 0.6 is 12.2 Å². The first-order valence-electron chi connectivity index (χ1n) is 5.73. The fourth-order valence-corrected chi connectivity index (χ4v) is 1.67. The average molecular weight is 264 g/mol. The van der Waals surface area contributed by atoms with E-state index in [0.717, 1.165) is 17.8 Å². The number of anilines is 1. The quantitative estimate of drug-likeness (QED) is 0.809. The number of thiocarbonyl (C=S) groups is 1. The molecular weight excluding hydrogens is 248 g/mol. The van der Waals surface area contributed by atoms with Crippen LogP contribution in [0.4, 0.5) is 5.69 Å². The maximum absolute atomic E-state index is 5.02. The van der Waals surface area contributed by atoms with Crippen LogP contribution in [0.2, 0.25) is 0 Å². The van der Waals surface area contributed by atoms with Gasteiger partial charge in [0.2, 0.25) is 0 Å². The van der Waals surface area contributed by atoms with E-state index in [4.69, 9.17) is 12.2 Å². The largest absolute Gasteiger partial charge is 0.366 e. The van der Waals surface area contributed by atoms with Crippen LogP contribution in [0.3, 0.4) is 0 Å². The van der Waals surface area contributed by atoms with E-state index in [1.165, 1.54) is 0 Å². The summed E-state index contributed by atoms with van der Waals surface area (Å²) in [6, 6.07) is 0. The summed E-state index contributed by atoms with van der Waals surface area (Å²) >= 11 is 5.02. The molecular formula is C11H16N6S. The Labute approximate surface area is 111 Å². The first-order valence-corrected chi connectivity index (χ1v) is 6.14. The van der Waals surface area contributed by atoms with Gasteiger partial charge in [-0.2, -0.15) is 10.2 Å².